The second kappa shape index (κ2) is 7.38. The van der Waals surface area contributed by atoms with E-state index in [1.807, 2.05) is 11.7 Å². The smallest absolute Gasteiger partial charge is 0.315 e. The largest absolute Gasteiger partial charge is 0.334 e. The summed E-state index contributed by atoms with van der Waals surface area (Å²) in [6.45, 7) is 4.76. The lowest BCUT2D eigenvalue weighted by molar-refractivity contribution is 0.235. The molecule has 0 radical (unpaired) electrons. The highest BCUT2D eigenvalue weighted by molar-refractivity contribution is 7.10. The maximum Gasteiger partial charge on any atom is 0.315 e. The molecule has 2 heterocycles. The van der Waals surface area contributed by atoms with Gasteiger partial charge in [0.2, 0.25) is 0 Å². The highest BCUT2D eigenvalue weighted by atomic mass is 32.1. The summed E-state index contributed by atoms with van der Waals surface area (Å²) in [6.07, 6.45) is 5.10. The van der Waals surface area contributed by atoms with Gasteiger partial charge in [-0.05, 0) is 49.1 Å². The van der Waals surface area contributed by atoms with E-state index >= 15 is 0 Å². The monoisotopic (exact) mass is 346 g/mol. The molecule has 1 atom stereocenters. The molecule has 2 N–H and O–H groups in total. The van der Waals surface area contributed by atoms with Gasteiger partial charge >= 0.3 is 6.03 Å². The van der Waals surface area contributed by atoms with E-state index in [1.165, 1.54) is 16.1 Å². The lowest BCUT2D eigenvalue weighted by Crippen LogP contribution is -2.38. The van der Waals surface area contributed by atoms with Crippen molar-refractivity contribution in [3.05, 3.63) is 38.8 Å². The third-order valence-corrected chi connectivity index (χ3v) is 5.81. The van der Waals surface area contributed by atoms with Crippen molar-refractivity contribution in [1.82, 2.24) is 20.4 Å². The molecular formula is C18H26N4OS. The molecule has 2 aromatic rings. The summed E-state index contributed by atoms with van der Waals surface area (Å²) in [5, 5.41) is 12.9. The lowest BCUT2D eigenvalue weighted by atomic mass is 9.94. The minimum atomic E-state index is -0.0907. The summed E-state index contributed by atoms with van der Waals surface area (Å²) in [5.74, 6) is 0. The van der Waals surface area contributed by atoms with Crippen LogP contribution in [0, 0.1) is 0 Å². The second-order valence-electron chi connectivity index (χ2n) is 6.27. The minimum absolute atomic E-state index is 0.0907. The lowest BCUT2D eigenvalue weighted by Gasteiger charge is -2.23. The third-order valence-electron chi connectivity index (χ3n) is 4.81. The van der Waals surface area contributed by atoms with Crippen molar-refractivity contribution in [2.75, 3.05) is 0 Å². The Bertz CT molecular complexity index is 719. The first-order chi connectivity index (χ1) is 11.6. The Hall–Kier alpha value is -1.82. The molecule has 0 saturated carbocycles. The van der Waals surface area contributed by atoms with Crippen molar-refractivity contribution in [3.63, 3.8) is 0 Å². The number of nitrogens with zero attached hydrogens (tertiary/aromatic N) is 2. The van der Waals surface area contributed by atoms with Gasteiger partial charge in [0.25, 0.3) is 0 Å². The molecule has 0 saturated heterocycles. The zero-order chi connectivity index (χ0) is 17.1. The van der Waals surface area contributed by atoms with Crippen LogP contribution in [0.25, 0.3) is 0 Å². The first-order valence-electron chi connectivity index (χ1n) is 8.78. The molecule has 0 spiro atoms. The van der Waals surface area contributed by atoms with Crippen LogP contribution in [0.15, 0.2) is 11.4 Å². The number of hydrogen-bond donors (Lipinski definition) is 2. The van der Waals surface area contributed by atoms with Gasteiger partial charge in [-0.15, -0.1) is 11.3 Å². The maximum absolute atomic E-state index is 12.4. The SMILES string of the molecule is CCc1nn(C)c(CC)c1CNC(=O)NC1CCCc2sccc21. The molecular weight excluding hydrogens is 320 g/mol. The van der Waals surface area contributed by atoms with Crippen LogP contribution < -0.4 is 10.6 Å². The fourth-order valence-electron chi connectivity index (χ4n) is 3.61. The Morgan fingerprint density at radius 2 is 2.25 bits per heavy atom. The molecule has 0 aliphatic heterocycles. The minimum Gasteiger partial charge on any atom is -0.334 e. The molecule has 0 bridgehead atoms. The van der Waals surface area contributed by atoms with Crippen LogP contribution in [-0.4, -0.2) is 15.8 Å². The number of urea groups is 1. The van der Waals surface area contributed by atoms with E-state index < -0.39 is 0 Å². The van der Waals surface area contributed by atoms with Gasteiger partial charge in [-0.25, -0.2) is 4.79 Å². The molecule has 0 aromatic carbocycles. The van der Waals surface area contributed by atoms with Gasteiger partial charge < -0.3 is 10.6 Å². The predicted octanol–water partition coefficient (Wildman–Crippen LogP) is 3.48. The van der Waals surface area contributed by atoms with E-state index in [1.54, 1.807) is 11.3 Å². The van der Waals surface area contributed by atoms with Gasteiger partial charge in [0.05, 0.1) is 11.7 Å². The maximum atomic E-state index is 12.4. The van der Waals surface area contributed by atoms with Crippen molar-refractivity contribution < 1.29 is 4.79 Å². The molecule has 2 amide bonds. The number of hydrogen-bond acceptors (Lipinski definition) is 3. The summed E-state index contributed by atoms with van der Waals surface area (Å²) < 4.78 is 1.94. The summed E-state index contributed by atoms with van der Waals surface area (Å²) >= 11 is 1.80. The topological polar surface area (TPSA) is 59.0 Å². The molecule has 3 rings (SSSR count). The van der Waals surface area contributed by atoms with Crippen LogP contribution in [0.2, 0.25) is 0 Å². The molecule has 6 heteroatoms. The molecule has 2 aromatic heterocycles. The van der Waals surface area contributed by atoms with Crippen LogP contribution in [-0.2, 0) is 32.9 Å². The van der Waals surface area contributed by atoms with Crippen LogP contribution in [0.3, 0.4) is 0 Å². The number of amides is 2. The Kier molecular flexibility index (Phi) is 5.23. The number of aryl methyl sites for hydroxylation is 3. The number of carbonyl (C=O) groups is 1. The fraction of sp³-hybridized carbons (Fsp3) is 0.556. The molecule has 24 heavy (non-hydrogen) atoms. The summed E-state index contributed by atoms with van der Waals surface area (Å²) in [5.41, 5.74) is 4.74. The van der Waals surface area contributed by atoms with Crippen LogP contribution in [0.5, 0.6) is 0 Å². The van der Waals surface area contributed by atoms with Crippen LogP contribution in [0.1, 0.15) is 60.1 Å². The molecule has 1 unspecified atom stereocenters. The number of fused-ring (bicyclic) bond motifs is 1. The Morgan fingerprint density at radius 1 is 1.42 bits per heavy atom. The standard InChI is InChI=1S/C18H26N4OS/c1-4-14-13(16(5-2)22(3)21-14)11-19-18(23)20-15-7-6-8-17-12(15)9-10-24-17/h9-10,15H,4-8,11H2,1-3H3,(H2,19,20,23). The van der Waals surface area contributed by atoms with Crippen molar-refractivity contribution in [2.24, 2.45) is 7.05 Å². The first-order valence-corrected chi connectivity index (χ1v) is 9.66. The number of aromatic nitrogens is 2. The summed E-state index contributed by atoms with van der Waals surface area (Å²) in [4.78, 5) is 13.8. The molecule has 1 aliphatic rings. The van der Waals surface area contributed by atoms with Crippen molar-refractivity contribution in [1.29, 1.82) is 0 Å². The number of rotatable bonds is 5. The molecule has 1 aliphatic carbocycles. The van der Waals surface area contributed by atoms with Crippen molar-refractivity contribution in [2.45, 2.75) is 58.5 Å². The summed E-state index contributed by atoms with van der Waals surface area (Å²) in [7, 11) is 1.97. The van der Waals surface area contributed by atoms with E-state index in [4.69, 9.17) is 0 Å². The average Bonchev–Trinajstić information content (AvgIpc) is 3.17. The number of carbonyl (C=O) groups excluding carboxylic acids is 1. The van der Waals surface area contributed by atoms with Gasteiger partial charge in [-0.3, -0.25) is 4.68 Å². The second-order valence-corrected chi connectivity index (χ2v) is 7.27. The normalized spacial score (nSPS) is 16.7. The van der Waals surface area contributed by atoms with Gasteiger partial charge in [0, 0.05) is 29.7 Å². The van der Waals surface area contributed by atoms with Gasteiger partial charge in [-0.1, -0.05) is 13.8 Å². The van der Waals surface area contributed by atoms with Crippen molar-refractivity contribution >= 4 is 17.4 Å². The molecule has 130 valence electrons. The van der Waals surface area contributed by atoms with E-state index in [-0.39, 0.29) is 12.1 Å². The van der Waals surface area contributed by atoms with Gasteiger partial charge in [0.1, 0.15) is 0 Å². The third kappa shape index (κ3) is 3.34. The van der Waals surface area contributed by atoms with E-state index in [2.05, 4.69) is 41.0 Å². The Morgan fingerprint density at radius 3 is 3.00 bits per heavy atom. The highest BCUT2D eigenvalue weighted by Gasteiger charge is 2.23. The van der Waals surface area contributed by atoms with Crippen LogP contribution >= 0.6 is 11.3 Å². The fourth-order valence-corrected chi connectivity index (χ4v) is 4.60. The summed E-state index contributed by atoms with van der Waals surface area (Å²) in [6, 6.07) is 2.20. The van der Waals surface area contributed by atoms with Gasteiger partial charge in [-0.2, -0.15) is 5.10 Å². The number of nitrogens with one attached hydrogen (secondary N) is 2. The van der Waals surface area contributed by atoms with Crippen molar-refractivity contribution in [3.8, 4) is 0 Å². The van der Waals surface area contributed by atoms with Crippen LogP contribution in [0.4, 0.5) is 4.79 Å². The van der Waals surface area contributed by atoms with Gasteiger partial charge in [0.15, 0.2) is 0 Å². The quantitative estimate of drug-likeness (QED) is 0.871. The highest BCUT2D eigenvalue weighted by Crippen LogP contribution is 2.33. The van der Waals surface area contributed by atoms with E-state index in [9.17, 15) is 4.79 Å². The first kappa shape index (κ1) is 17.0. The Labute approximate surface area is 147 Å². The zero-order valence-corrected chi connectivity index (χ0v) is 15.5. The predicted molar refractivity (Wildman–Crippen MR) is 97.3 cm³/mol. The Balaban J connectivity index is 1.63. The van der Waals surface area contributed by atoms with E-state index in [0.29, 0.717) is 6.54 Å². The molecule has 5 nitrogen and oxygen atoms in total. The average molecular weight is 347 g/mol. The van der Waals surface area contributed by atoms with E-state index in [0.717, 1.165) is 43.4 Å². The zero-order valence-electron chi connectivity index (χ0n) is 14.7. The molecule has 0 fully saturated rings. The number of thiophene rings is 1.